The van der Waals surface area contributed by atoms with Gasteiger partial charge in [-0.1, -0.05) is 20.8 Å². The fourth-order valence-corrected chi connectivity index (χ4v) is 3.02. The van der Waals surface area contributed by atoms with Crippen LogP contribution in [0.5, 0.6) is 0 Å². The molecule has 1 rings (SSSR count). The molecule has 0 radical (unpaired) electrons. The Balaban J connectivity index is 2.32. The molecule has 0 aromatic heterocycles. The van der Waals surface area contributed by atoms with Gasteiger partial charge in [-0.2, -0.15) is 0 Å². The van der Waals surface area contributed by atoms with Gasteiger partial charge in [0.25, 0.3) is 0 Å². The summed E-state index contributed by atoms with van der Waals surface area (Å²) >= 11 is 0. The summed E-state index contributed by atoms with van der Waals surface area (Å²) in [6.45, 7) is 11.3. The van der Waals surface area contributed by atoms with Gasteiger partial charge in [0, 0.05) is 26.2 Å². The number of ether oxygens (including phenoxy) is 1. The number of aliphatic carboxylic acids is 1. The third-order valence-electron chi connectivity index (χ3n) is 3.59. The Labute approximate surface area is 122 Å². The van der Waals surface area contributed by atoms with Gasteiger partial charge in [0.1, 0.15) is 0 Å². The van der Waals surface area contributed by atoms with Crippen LogP contribution in [0.25, 0.3) is 0 Å². The Bertz CT molecular complexity index is 297. The van der Waals surface area contributed by atoms with Crippen LogP contribution in [0.2, 0.25) is 0 Å². The minimum absolute atomic E-state index is 0.0730. The lowest BCUT2D eigenvalue weighted by atomic mass is 9.98. The van der Waals surface area contributed by atoms with E-state index in [-0.39, 0.29) is 12.6 Å². The monoisotopic (exact) mass is 286 g/mol. The van der Waals surface area contributed by atoms with Gasteiger partial charge in [-0.25, -0.2) is 0 Å². The van der Waals surface area contributed by atoms with E-state index in [1.54, 1.807) is 0 Å². The average Bonchev–Trinajstić information content (AvgIpc) is 2.26. The first-order valence-electron chi connectivity index (χ1n) is 7.61. The number of carboxylic acid groups (broad SMARTS) is 1. The van der Waals surface area contributed by atoms with Crippen molar-refractivity contribution in [3.8, 4) is 0 Å². The molecule has 0 saturated carbocycles. The molecule has 2 atom stereocenters. The van der Waals surface area contributed by atoms with Crippen LogP contribution >= 0.6 is 0 Å². The molecule has 118 valence electrons. The number of nitrogens with zero attached hydrogens (tertiary/aromatic N) is 2. The number of rotatable bonds is 8. The molecule has 20 heavy (non-hydrogen) atoms. The van der Waals surface area contributed by atoms with E-state index in [1.807, 2.05) is 11.9 Å². The first-order valence-corrected chi connectivity index (χ1v) is 7.61. The Hall–Kier alpha value is -0.650. The van der Waals surface area contributed by atoms with Crippen molar-refractivity contribution in [3.05, 3.63) is 0 Å². The number of carboxylic acids is 1. The normalized spacial score (nSPS) is 22.4. The van der Waals surface area contributed by atoms with Crippen LogP contribution in [0.3, 0.4) is 0 Å². The Morgan fingerprint density at radius 2 is 2.15 bits per heavy atom. The highest BCUT2D eigenvalue weighted by molar-refractivity contribution is 5.68. The molecule has 1 saturated heterocycles. The van der Waals surface area contributed by atoms with E-state index in [4.69, 9.17) is 9.84 Å². The van der Waals surface area contributed by atoms with Gasteiger partial charge in [-0.3, -0.25) is 14.6 Å². The molecule has 0 spiro atoms. The van der Waals surface area contributed by atoms with Crippen LogP contribution in [-0.4, -0.2) is 73.4 Å². The van der Waals surface area contributed by atoms with Crippen LogP contribution in [0, 0.1) is 11.8 Å². The number of likely N-dealkylation sites (N-methyl/N-ethyl adjacent to an activating group) is 1. The Kier molecular flexibility index (Phi) is 7.48. The van der Waals surface area contributed by atoms with E-state index in [9.17, 15) is 4.79 Å². The van der Waals surface area contributed by atoms with Gasteiger partial charge < -0.3 is 9.84 Å². The summed E-state index contributed by atoms with van der Waals surface area (Å²) < 4.78 is 5.75. The topological polar surface area (TPSA) is 53.0 Å². The predicted molar refractivity (Wildman–Crippen MR) is 79.9 cm³/mol. The molecule has 0 amide bonds. The molecule has 0 aromatic carbocycles. The Morgan fingerprint density at radius 1 is 1.45 bits per heavy atom. The molecular formula is C15H30N2O3. The van der Waals surface area contributed by atoms with Gasteiger partial charge in [-0.15, -0.1) is 0 Å². The van der Waals surface area contributed by atoms with Crippen molar-refractivity contribution in [3.63, 3.8) is 0 Å². The largest absolute Gasteiger partial charge is 0.480 e. The van der Waals surface area contributed by atoms with E-state index in [0.29, 0.717) is 12.5 Å². The zero-order chi connectivity index (χ0) is 15.1. The first-order chi connectivity index (χ1) is 9.36. The van der Waals surface area contributed by atoms with Crippen LogP contribution in [0.15, 0.2) is 0 Å². The molecular weight excluding hydrogens is 256 g/mol. The third kappa shape index (κ3) is 7.22. The number of hydrogen-bond donors (Lipinski definition) is 1. The molecule has 1 aliphatic heterocycles. The molecule has 5 nitrogen and oxygen atoms in total. The number of carbonyl (C=O) groups is 1. The summed E-state index contributed by atoms with van der Waals surface area (Å²) in [5.41, 5.74) is 0. The lowest BCUT2D eigenvalue weighted by Gasteiger charge is -2.36. The van der Waals surface area contributed by atoms with Gasteiger partial charge in [0.05, 0.1) is 19.3 Å². The summed E-state index contributed by atoms with van der Waals surface area (Å²) in [4.78, 5) is 14.9. The maximum absolute atomic E-state index is 10.7. The molecule has 1 heterocycles. The van der Waals surface area contributed by atoms with Crippen LogP contribution < -0.4 is 0 Å². The molecule has 0 bridgehead atoms. The summed E-state index contributed by atoms with van der Waals surface area (Å²) in [6.07, 6.45) is 1.38. The maximum atomic E-state index is 10.7. The lowest BCUT2D eigenvalue weighted by Crippen LogP contribution is -2.48. The van der Waals surface area contributed by atoms with Crippen LogP contribution in [0.1, 0.15) is 27.2 Å². The van der Waals surface area contributed by atoms with Crippen molar-refractivity contribution in [2.75, 3.05) is 46.4 Å². The van der Waals surface area contributed by atoms with E-state index in [2.05, 4.69) is 25.7 Å². The van der Waals surface area contributed by atoms with E-state index < -0.39 is 5.97 Å². The second-order valence-electron chi connectivity index (χ2n) is 6.58. The van der Waals surface area contributed by atoms with Crippen LogP contribution in [-0.2, 0) is 9.53 Å². The number of hydrogen-bond acceptors (Lipinski definition) is 4. The van der Waals surface area contributed by atoms with E-state index >= 15 is 0 Å². The van der Waals surface area contributed by atoms with E-state index in [1.165, 1.54) is 6.42 Å². The molecule has 1 N–H and O–H groups in total. The van der Waals surface area contributed by atoms with Gasteiger partial charge in [0.15, 0.2) is 0 Å². The highest BCUT2D eigenvalue weighted by Gasteiger charge is 2.23. The molecule has 5 heteroatoms. The van der Waals surface area contributed by atoms with Gasteiger partial charge >= 0.3 is 5.97 Å². The zero-order valence-corrected chi connectivity index (χ0v) is 13.3. The number of morpholine rings is 1. The SMILES string of the molecule is CC(C)CC(C)CN1CCOC(CN(C)CC(=O)O)C1. The standard InChI is InChI=1S/C15H30N2O3/c1-12(2)7-13(3)8-17-5-6-20-14(10-17)9-16(4)11-15(18)19/h12-14H,5-11H2,1-4H3,(H,18,19). The molecule has 1 fully saturated rings. The minimum atomic E-state index is -0.786. The minimum Gasteiger partial charge on any atom is -0.480 e. The first kappa shape index (κ1) is 17.4. The highest BCUT2D eigenvalue weighted by Crippen LogP contribution is 2.15. The average molecular weight is 286 g/mol. The van der Waals surface area contributed by atoms with Crippen molar-refractivity contribution in [2.45, 2.75) is 33.3 Å². The maximum Gasteiger partial charge on any atom is 0.317 e. The molecule has 2 unspecified atom stereocenters. The summed E-state index contributed by atoms with van der Waals surface area (Å²) in [6, 6.07) is 0. The Morgan fingerprint density at radius 3 is 2.75 bits per heavy atom. The van der Waals surface area contributed by atoms with Crippen LogP contribution in [0.4, 0.5) is 0 Å². The zero-order valence-electron chi connectivity index (χ0n) is 13.3. The lowest BCUT2D eigenvalue weighted by molar-refractivity contribution is -0.138. The van der Waals surface area contributed by atoms with Gasteiger partial charge in [0.2, 0.25) is 0 Å². The fraction of sp³-hybridized carbons (Fsp3) is 0.933. The second-order valence-corrected chi connectivity index (χ2v) is 6.58. The fourth-order valence-electron chi connectivity index (χ4n) is 3.02. The molecule has 0 aromatic rings. The molecule has 0 aliphatic carbocycles. The van der Waals surface area contributed by atoms with Crippen molar-refractivity contribution < 1.29 is 14.6 Å². The third-order valence-corrected chi connectivity index (χ3v) is 3.59. The summed E-state index contributed by atoms with van der Waals surface area (Å²) in [5.74, 6) is 0.653. The second kappa shape index (κ2) is 8.60. The van der Waals surface area contributed by atoms with Crippen molar-refractivity contribution in [1.82, 2.24) is 9.80 Å². The van der Waals surface area contributed by atoms with Crippen molar-refractivity contribution in [1.29, 1.82) is 0 Å². The quantitative estimate of drug-likeness (QED) is 0.731. The smallest absolute Gasteiger partial charge is 0.317 e. The highest BCUT2D eigenvalue weighted by atomic mass is 16.5. The molecule has 1 aliphatic rings. The van der Waals surface area contributed by atoms with Crippen molar-refractivity contribution in [2.24, 2.45) is 11.8 Å². The van der Waals surface area contributed by atoms with Gasteiger partial charge in [-0.05, 0) is 25.3 Å². The van der Waals surface area contributed by atoms with Crippen molar-refractivity contribution >= 4 is 5.97 Å². The summed E-state index contributed by atoms with van der Waals surface area (Å²) in [5, 5.41) is 8.78. The van der Waals surface area contributed by atoms with E-state index in [0.717, 1.165) is 32.2 Å². The predicted octanol–water partition coefficient (Wildman–Crippen LogP) is 1.39. The summed E-state index contributed by atoms with van der Waals surface area (Å²) in [7, 11) is 1.83.